The number of carbonyl (C=O) groups is 1. The van der Waals surface area contributed by atoms with Crippen molar-refractivity contribution in [2.24, 2.45) is 0 Å². The molecule has 0 unspecified atom stereocenters. The van der Waals surface area contributed by atoms with Gasteiger partial charge in [-0.3, -0.25) is 4.90 Å². The standard InChI is InChI=1S/C33H25F3N6O3.BrH/c1-20-28(30(43)45-2)29(42-31(38-39-32(42)44)41(20)25-10-5-9-24(18-25)33(34,35)36)26-13-12-21(19-37)17-23(26)14-16-40-15-6-8-22-7-3-4-11-27(22)40;/h3-13,15,17-18,29H,14,16H2,1-2H3;1H/t29-;/m1./s1. The molecular weight excluding hydrogens is 665 g/mol. The number of methoxy groups -OCH3 is 1. The van der Waals surface area contributed by atoms with E-state index in [-0.39, 0.29) is 39.9 Å². The number of benzene rings is 3. The molecule has 9 nitrogen and oxygen atoms in total. The maximum Gasteiger partial charge on any atom is 0.416 e. The SMILES string of the molecule is COC(=O)C1=C(C)N(c2cccc(C(F)(F)F)c2)c2n[nH]c(=O)n2[C@@H]1c1ccc(C#N)cc1CC[n+]1cccc2ccccc21.[Br-]. The molecule has 1 N–H and O–H groups in total. The van der Waals surface area contributed by atoms with Gasteiger partial charge >= 0.3 is 17.8 Å². The van der Waals surface area contributed by atoms with Gasteiger partial charge in [-0.2, -0.15) is 23.0 Å². The summed E-state index contributed by atoms with van der Waals surface area (Å²) in [7, 11) is 1.19. The van der Waals surface area contributed by atoms with Crippen LogP contribution >= 0.6 is 0 Å². The first-order valence-electron chi connectivity index (χ1n) is 14.0. The van der Waals surface area contributed by atoms with Crippen LogP contribution in [0, 0.1) is 11.3 Å². The van der Waals surface area contributed by atoms with Crippen LogP contribution in [0.3, 0.4) is 0 Å². The highest BCUT2D eigenvalue weighted by molar-refractivity contribution is 5.93. The number of halogens is 4. The molecule has 1 aliphatic rings. The highest BCUT2D eigenvalue weighted by Crippen LogP contribution is 2.43. The van der Waals surface area contributed by atoms with Gasteiger partial charge in [-0.15, -0.1) is 5.10 Å². The highest BCUT2D eigenvalue weighted by Gasteiger charge is 2.41. The average Bonchev–Trinajstić information content (AvgIpc) is 3.42. The number of anilines is 2. The Bertz CT molecular complexity index is 2090. The molecule has 0 saturated carbocycles. The van der Waals surface area contributed by atoms with Gasteiger partial charge in [0.1, 0.15) is 6.04 Å². The molecule has 3 heterocycles. The third-order valence-electron chi connectivity index (χ3n) is 7.96. The zero-order chi connectivity index (χ0) is 31.9. The Kier molecular flexibility index (Phi) is 8.85. The largest absolute Gasteiger partial charge is 1.00 e. The molecule has 0 fully saturated rings. The van der Waals surface area contributed by atoms with Gasteiger partial charge in [0.2, 0.25) is 11.5 Å². The maximum absolute atomic E-state index is 13.7. The van der Waals surface area contributed by atoms with E-state index in [2.05, 4.69) is 20.8 Å². The van der Waals surface area contributed by atoms with Crippen molar-refractivity contribution in [1.82, 2.24) is 14.8 Å². The second-order valence-corrected chi connectivity index (χ2v) is 10.5. The molecule has 13 heteroatoms. The Morgan fingerprint density at radius 1 is 1.09 bits per heavy atom. The first kappa shape index (κ1) is 32.2. The smallest absolute Gasteiger partial charge is 0.416 e. The predicted octanol–water partition coefficient (Wildman–Crippen LogP) is 2.34. The fourth-order valence-electron chi connectivity index (χ4n) is 5.89. The van der Waals surface area contributed by atoms with Gasteiger partial charge in [0.25, 0.3) is 0 Å². The van der Waals surface area contributed by atoms with Crippen molar-refractivity contribution >= 4 is 28.5 Å². The molecule has 5 aromatic rings. The number of carbonyl (C=O) groups excluding carboxylic acids is 1. The number of aromatic nitrogens is 4. The lowest BCUT2D eigenvalue weighted by atomic mass is 9.89. The summed E-state index contributed by atoms with van der Waals surface area (Å²) in [4.78, 5) is 28.2. The number of rotatable bonds is 6. The number of aromatic amines is 1. The third-order valence-corrected chi connectivity index (χ3v) is 7.96. The number of fused-ring (bicyclic) bond motifs is 2. The van der Waals surface area contributed by atoms with Crippen LogP contribution in [0.25, 0.3) is 10.9 Å². The molecular formula is C33H26BrF3N6O3. The lowest BCUT2D eigenvalue weighted by Gasteiger charge is -2.36. The van der Waals surface area contributed by atoms with E-state index in [9.17, 15) is 28.0 Å². The summed E-state index contributed by atoms with van der Waals surface area (Å²) in [6, 6.07) is 22.5. The molecule has 0 spiro atoms. The van der Waals surface area contributed by atoms with Crippen LogP contribution in [0.5, 0.6) is 0 Å². The third kappa shape index (κ3) is 5.67. The lowest BCUT2D eigenvalue weighted by Crippen LogP contribution is -3.00. The van der Waals surface area contributed by atoms with Gasteiger partial charge in [-0.05, 0) is 60.5 Å². The summed E-state index contributed by atoms with van der Waals surface area (Å²) >= 11 is 0. The van der Waals surface area contributed by atoms with Gasteiger partial charge in [0, 0.05) is 35.3 Å². The Hall–Kier alpha value is -5.22. The summed E-state index contributed by atoms with van der Waals surface area (Å²) in [6.07, 6.45) is -2.25. The molecule has 0 radical (unpaired) electrons. The van der Waals surface area contributed by atoms with Crippen molar-refractivity contribution in [2.45, 2.75) is 32.1 Å². The van der Waals surface area contributed by atoms with Crippen LogP contribution in [0.2, 0.25) is 0 Å². The van der Waals surface area contributed by atoms with E-state index in [1.54, 1.807) is 25.1 Å². The number of alkyl halides is 3. The number of nitrogens with zero attached hydrogens (tertiary/aromatic N) is 5. The van der Waals surface area contributed by atoms with E-state index in [1.807, 2.05) is 42.6 Å². The maximum atomic E-state index is 13.7. The second-order valence-electron chi connectivity index (χ2n) is 10.5. The van der Waals surface area contributed by atoms with Crippen LogP contribution in [-0.2, 0) is 28.7 Å². The van der Waals surface area contributed by atoms with Crippen molar-refractivity contribution in [3.63, 3.8) is 0 Å². The monoisotopic (exact) mass is 690 g/mol. The van der Waals surface area contributed by atoms with Crippen molar-refractivity contribution < 1.29 is 44.3 Å². The van der Waals surface area contributed by atoms with E-state index in [0.29, 0.717) is 29.7 Å². The Morgan fingerprint density at radius 3 is 2.59 bits per heavy atom. The molecule has 234 valence electrons. The predicted molar refractivity (Wildman–Crippen MR) is 158 cm³/mol. The van der Waals surface area contributed by atoms with Crippen molar-refractivity contribution in [2.75, 3.05) is 12.0 Å². The molecule has 1 atom stereocenters. The molecule has 2 aromatic heterocycles. The van der Waals surface area contributed by atoms with Crippen molar-refractivity contribution in [1.29, 1.82) is 5.26 Å². The van der Waals surface area contributed by atoms with Gasteiger partial charge in [-0.1, -0.05) is 24.3 Å². The first-order chi connectivity index (χ1) is 21.6. The zero-order valence-electron chi connectivity index (χ0n) is 24.5. The minimum atomic E-state index is -4.62. The number of para-hydroxylation sites is 1. The molecule has 0 saturated heterocycles. The Morgan fingerprint density at radius 2 is 1.85 bits per heavy atom. The highest BCUT2D eigenvalue weighted by atomic mass is 79.9. The minimum absolute atomic E-state index is 0. The number of hydrogen-bond acceptors (Lipinski definition) is 6. The van der Waals surface area contributed by atoms with Crippen LogP contribution in [0.4, 0.5) is 24.8 Å². The summed E-state index contributed by atoms with van der Waals surface area (Å²) in [5, 5.41) is 17.3. The molecule has 0 bridgehead atoms. The van der Waals surface area contributed by atoms with E-state index in [1.165, 1.54) is 28.7 Å². The van der Waals surface area contributed by atoms with Crippen LogP contribution < -0.4 is 32.1 Å². The van der Waals surface area contributed by atoms with Gasteiger partial charge in [0.05, 0.1) is 29.9 Å². The second kappa shape index (κ2) is 12.6. The average molecular weight is 692 g/mol. The topological polar surface area (TPSA) is 108 Å². The zero-order valence-corrected chi connectivity index (χ0v) is 26.1. The normalized spacial score (nSPS) is 14.4. The van der Waals surface area contributed by atoms with Crippen LogP contribution in [-0.4, -0.2) is 27.8 Å². The summed E-state index contributed by atoms with van der Waals surface area (Å²) in [5.74, 6) is -0.778. The Balaban J connectivity index is 0.00000417. The molecule has 0 amide bonds. The first-order valence-corrected chi connectivity index (χ1v) is 14.0. The van der Waals surface area contributed by atoms with E-state index >= 15 is 0 Å². The molecule has 3 aromatic carbocycles. The summed E-state index contributed by atoms with van der Waals surface area (Å²) in [6.45, 7) is 2.08. The number of aryl methyl sites for hydroxylation is 2. The van der Waals surface area contributed by atoms with Gasteiger partial charge < -0.3 is 21.7 Å². The van der Waals surface area contributed by atoms with E-state index < -0.39 is 29.4 Å². The van der Waals surface area contributed by atoms with Crippen LogP contribution in [0.15, 0.2) is 101 Å². The van der Waals surface area contributed by atoms with Gasteiger partial charge in [0.15, 0.2) is 12.7 Å². The molecule has 46 heavy (non-hydrogen) atoms. The van der Waals surface area contributed by atoms with Crippen LogP contribution in [0.1, 0.15) is 35.2 Å². The molecule has 1 aliphatic heterocycles. The quantitative estimate of drug-likeness (QED) is 0.217. The number of esters is 1. The minimum Gasteiger partial charge on any atom is -1.00 e. The summed E-state index contributed by atoms with van der Waals surface area (Å²) < 4.78 is 49.4. The number of nitrogens with one attached hydrogen (secondary N) is 1. The fraction of sp³-hybridized carbons (Fsp3) is 0.182. The number of ether oxygens (including phenoxy) is 1. The number of hydrogen-bond donors (Lipinski definition) is 1. The lowest BCUT2D eigenvalue weighted by molar-refractivity contribution is -0.670. The number of pyridine rings is 1. The fourth-order valence-corrected chi connectivity index (χ4v) is 5.89. The van der Waals surface area contributed by atoms with Gasteiger partial charge in [-0.25, -0.2) is 19.3 Å². The number of nitriles is 1. The van der Waals surface area contributed by atoms with E-state index in [4.69, 9.17) is 4.74 Å². The number of H-pyrrole nitrogens is 1. The summed E-state index contributed by atoms with van der Waals surface area (Å²) in [5.41, 5.74) is 1.37. The van der Waals surface area contributed by atoms with Crippen molar-refractivity contribution in [3.05, 3.63) is 129 Å². The number of allylic oxidation sites excluding steroid dienone is 1. The van der Waals surface area contributed by atoms with Crippen molar-refractivity contribution in [3.8, 4) is 6.07 Å². The molecule has 0 aliphatic carbocycles. The Labute approximate surface area is 271 Å². The van der Waals surface area contributed by atoms with E-state index in [0.717, 1.165) is 23.0 Å². The molecule has 6 rings (SSSR count).